The van der Waals surface area contributed by atoms with Crippen molar-refractivity contribution in [2.75, 3.05) is 0 Å². The van der Waals surface area contributed by atoms with E-state index in [0.717, 1.165) is 5.56 Å². The van der Waals surface area contributed by atoms with Gasteiger partial charge in [0.2, 0.25) is 0 Å². The molecule has 0 saturated heterocycles. The molecule has 0 atom stereocenters. The van der Waals surface area contributed by atoms with E-state index in [1.807, 2.05) is 0 Å². The van der Waals surface area contributed by atoms with Crippen molar-refractivity contribution in [2.45, 2.75) is 26.1 Å². The second-order valence-corrected chi connectivity index (χ2v) is 4.98. The lowest BCUT2D eigenvalue weighted by Gasteiger charge is -2.13. The van der Waals surface area contributed by atoms with Gasteiger partial charge in [-0.05, 0) is 18.6 Å². The van der Waals surface area contributed by atoms with Crippen molar-refractivity contribution in [1.29, 1.82) is 0 Å². The number of fused-ring (bicyclic) bond motifs is 1. The molecule has 5 heteroatoms. The van der Waals surface area contributed by atoms with Crippen molar-refractivity contribution in [3.8, 4) is 11.5 Å². The molecule has 0 heterocycles. The summed E-state index contributed by atoms with van der Waals surface area (Å²) in [5, 5.41) is 0. The van der Waals surface area contributed by atoms with Crippen LogP contribution >= 0.6 is 0 Å². The van der Waals surface area contributed by atoms with Crippen LogP contribution in [-0.2, 0) is 13.0 Å². The molecule has 0 amide bonds. The molecule has 0 saturated carbocycles. The summed E-state index contributed by atoms with van der Waals surface area (Å²) < 4.78 is 35.0. The Labute approximate surface area is 126 Å². The predicted octanol–water partition coefficient (Wildman–Crippen LogP) is 4.00. The Hall–Kier alpha value is -2.43. The predicted molar refractivity (Wildman–Crippen MR) is 76.5 cm³/mol. The number of halogens is 2. The molecule has 0 N–H and O–H groups in total. The van der Waals surface area contributed by atoms with Crippen LogP contribution in [0.25, 0.3) is 0 Å². The molecule has 0 unspecified atom stereocenters. The second-order valence-electron chi connectivity index (χ2n) is 4.98. The zero-order chi connectivity index (χ0) is 15.5. The number of alkyl halides is 2. The molecule has 1 aliphatic rings. The van der Waals surface area contributed by atoms with Crippen LogP contribution in [0.1, 0.15) is 27.9 Å². The molecule has 114 valence electrons. The first-order valence-electron chi connectivity index (χ1n) is 6.96. The molecule has 3 rings (SSSR count). The number of hydrogen-bond acceptors (Lipinski definition) is 3. The van der Waals surface area contributed by atoms with E-state index in [9.17, 15) is 13.6 Å². The van der Waals surface area contributed by atoms with Crippen LogP contribution in [0.5, 0.6) is 11.5 Å². The average molecular weight is 304 g/mol. The first kappa shape index (κ1) is 14.5. The van der Waals surface area contributed by atoms with E-state index in [0.29, 0.717) is 29.7 Å². The Morgan fingerprint density at radius 2 is 1.77 bits per heavy atom. The van der Waals surface area contributed by atoms with Crippen LogP contribution in [0, 0.1) is 0 Å². The number of ketones is 1. The minimum atomic E-state index is -2.88. The Morgan fingerprint density at radius 1 is 1.00 bits per heavy atom. The van der Waals surface area contributed by atoms with Gasteiger partial charge in [0.15, 0.2) is 5.78 Å². The molecular formula is C17H14F2O3. The lowest BCUT2D eigenvalue weighted by Crippen LogP contribution is -2.06. The van der Waals surface area contributed by atoms with Gasteiger partial charge in [-0.2, -0.15) is 8.78 Å². The maximum atomic E-state index is 12.4. The van der Waals surface area contributed by atoms with Crippen molar-refractivity contribution < 1.29 is 23.0 Å². The standard InChI is InChI=1S/C17H14F2O3/c18-17(19)22-15-6-2-1-4-11(15)10-21-16-7-3-5-12-13(16)8-9-14(12)20/h1-7,17H,8-10H2. The summed E-state index contributed by atoms with van der Waals surface area (Å²) in [4.78, 5) is 11.7. The van der Waals surface area contributed by atoms with Gasteiger partial charge in [-0.1, -0.05) is 30.3 Å². The van der Waals surface area contributed by atoms with Crippen molar-refractivity contribution in [3.63, 3.8) is 0 Å². The van der Waals surface area contributed by atoms with Gasteiger partial charge in [-0.15, -0.1) is 0 Å². The summed E-state index contributed by atoms with van der Waals surface area (Å²) in [5.74, 6) is 0.832. The third kappa shape index (κ3) is 2.93. The largest absolute Gasteiger partial charge is 0.488 e. The number of carbonyl (C=O) groups excluding carboxylic acids is 1. The maximum absolute atomic E-state index is 12.4. The number of rotatable bonds is 5. The first-order valence-corrected chi connectivity index (χ1v) is 6.96. The molecule has 2 aromatic carbocycles. The lowest BCUT2D eigenvalue weighted by molar-refractivity contribution is -0.0508. The van der Waals surface area contributed by atoms with Gasteiger partial charge in [-0.3, -0.25) is 4.79 Å². The monoisotopic (exact) mass is 304 g/mol. The number of ether oxygens (including phenoxy) is 2. The fraction of sp³-hybridized carbons (Fsp3) is 0.235. The molecule has 2 aromatic rings. The van der Waals surface area contributed by atoms with Gasteiger partial charge in [0.05, 0.1) is 0 Å². The maximum Gasteiger partial charge on any atom is 0.387 e. The van der Waals surface area contributed by atoms with E-state index in [1.165, 1.54) is 6.07 Å². The SMILES string of the molecule is O=C1CCc2c(OCc3ccccc3OC(F)F)cccc21. The molecular weight excluding hydrogens is 290 g/mol. The van der Waals surface area contributed by atoms with Crippen LogP contribution in [0.15, 0.2) is 42.5 Å². The summed E-state index contributed by atoms with van der Waals surface area (Å²) >= 11 is 0. The first-order chi connectivity index (χ1) is 10.6. The molecule has 0 bridgehead atoms. The lowest BCUT2D eigenvalue weighted by atomic mass is 10.1. The van der Waals surface area contributed by atoms with Crippen molar-refractivity contribution in [3.05, 3.63) is 59.2 Å². The Bertz CT molecular complexity index is 698. The number of Topliss-reactive ketones (excluding diaryl/α,β-unsaturated/α-hetero) is 1. The summed E-state index contributed by atoms with van der Waals surface area (Å²) in [5.41, 5.74) is 2.11. The minimum Gasteiger partial charge on any atom is -0.488 e. The van der Waals surface area contributed by atoms with Gasteiger partial charge in [0.25, 0.3) is 0 Å². The highest BCUT2D eigenvalue weighted by molar-refractivity contribution is 6.01. The molecule has 1 aliphatic carbocycles. The van der Waals surface area contributed by atoms with Gasteiger partial charge < -0.3 is 9.47 Å². The zero-order valence-electron chi connectivity index (χ0n) is 11.7. The number of benzene rings is 2. The molecule has 0 spiro atoms. The van der Waals surface area contributed by atoms with E-state index in [4.69, 9.17) is 4.74 Å². The third-order valence-electron chi connectivity index (χ3n) is 3.61. The summed E-state index contributed by atoms with van der Waals surface area (Å²) in [7, 11) is 0. The molecule has 0 radical (unpaired) electrons. The van der Waals surface area contributed by atoms with Crippen LogP contribution in [0.4, 0.5) is 8.78 Å². The highest BCUT2D eigenvalue weighted by atomic mass is 19.3. The van der Waals surface area contributed by atoms with E-state index >= 15 is 0 Å². The molecule has 22 heavy (non-hydrogen) atoms. The van der Waals surface area contributed by atoms with E-state index in [-0.39, 0.29) is 18.1 Å². The summed E-state index contributed by atoms with van der Waals surface area (Å²) in [6.45, 7) is -2.77. The Balaban J connectivity index is 1.78. The van der Waals surface area contributed by atoms with Crippen LogP contribution in [0.3, 0.4) is 0 Å². The molecule has 0 fully saturated rings. The Kier molecular flexibility index (Phi) is 4.04. The minimum absolute atomic E-state index is 0.0983. The van der Waals surface area contributed by atoms with Gasteiger partial charge in [0.1, 0.15) is 18.1 Å². The summed E-state index contributed by atoms with van der Waals surface area (Å²) in [6, 6.07) is 11.8. The summed E-state index contributed by atoms with van der Waals surface area (Å²) in [6.07, 6.45) is 1.14. The normalized spacial score (nSPS) is 13.3. The second kappa shape index (κ2) is 6.13. The molecule has 0 aromatic heterocycles. The topological polar surface area (TPSA) is 35.5 Å². The number of hydrogen-bond donors (Lipinski definition) is 0. The third-order valence-corrected chi connectivity index (χ3v) is 3.61. The quantitative estimate of drug-likeness (QED) is 0.837. The zero-order valence-corrected chi connectivity index (χ0v) is 11.7. The van der Waals surface area contributed by atoms with E-state index in [1.54, 1.807) is 36.4 Å². The van der Waals surface area contributed by atoms with Gasteiger partial charge in [-0.25, -0.2) is 0 Å². The van der Waals surface area contributed by atoms with Crippen molar-refractivity contribution >= 4 is 5.78 Å². The number of para-hydroxylation sites is 1. The molecule has 3 nitrogen and oxygen atoms in total. The Morgan fingerprint density at radius 3 is 2.59 bits per heavy atom. The van der Waals surface area contributed by atoms with Gasteiger partial charge >= 0.3 is 6.61 Å². The van der Waals surface area contributed by atoms with Crippen molar-refractivity contribution in [1.82, 2.24) is 0 Å². The molecule has 0 aliphatic heterocycles. The highest BCUT2D eigenvalue weighted by Crippen LogP contribution is 2.31. The van der Waals surface area contributed by atoms with Crippen LogP contribution in [0.2, 0.25) is 0 Å². The fourth-order valence-electron chi connectivity index (χ4n) is 2.58. The smallest absolute Gasteiger partial charge is 0.387 e. The highest BCUT2D eigenvalue weighted by Gasteiger charge is 2.22. The van der Waals surface area contributed by atoms with Crippen LogP contribution < -0.4 is 9.47 Å². The van der Waals surface area contributed by atoms with E-state index < -0.39 is 6.61 Å². The van der Waals surface area contributed by atoms with Crippen LogP contribution in [-0.4, -0.2) is 12.4 Å². The average Bonchev–Trinajstić information content (AvgIpc) is 2.88. The van der Waals surface area contributed by atoms with Gasteiger partial charge in [0, 0.05) is 23.1 Å². The number of carbonyl (C=O) groups is 1. The fourth-order valence-corrected chi connectivity index (χ4v) is 2.58. The van der Waals surface area contributed by atoms with E-state index in [2.05, 4.69) is 4.74 Å². The van der Waals surface area contributed by atoms with Crippen molar-refractivity contribution in [2.24, 2.45) is 0 Å².